The van der Waals surface area contributed by atoms with Gasteiger partial charge in [-0.25, -0.2) is 4.79 Å². The van der Waals surface area contributed by atoms with Crippen LogP contribution in [0.15, 0.2) is 0 Å². The summed E-state index contributed by atoms with van der Waals surface area (Å²) >= 11 is 0. The van der Waals surface area contributed by atoms with Gasteiger partial charge in [0.15, 0.2) is 0 Å². The first-order valence-electron chi connectivity index (χ1n) is 6.57. The number of urea groups is 1. The van der Waals surface area contributed by atoms with E-state index in [0.29, 0.717) is 13.1 Å². The first-order chi connectivity index (χ1) is 8.58. The van der Waals surface area contributed by atoms with Gasteiger partial charge in [0.2, 0.25) is 0 Å². The summed E-state index contributed by atoms with van der Waals surface area (Å²) in [4.78, 5) is 24.7. The summed E-state index contributed by atoms with van der Waals surface area (Å²) in [7, 11) is 0. The van der Waals surface area contributed by atoms with Crippen LogP contribution in [-0.2, 0) is 4.79 Å². The van der Waals surface area contributed by atoms with Gasteiger partial charge < -0.3 is 20.6 Å². The molecule has 0 bridgehead atoms. The van der Waals surface area contributed by atoms with Crippen LogP contribution in [0.4, 0.5) is 4.79 Å². The number of hydrogen-bond donors (Lipinski definition) is 3. The molecule has 6 nitrogen and oxygen atoms in total. The third-order valence-corrected chi connectivity index (χ3v) is 3.88. The summed E-state index contributed by atoms with van der Waals surface area (Å²) in [6, 6.07) is 0.107. The molecule has 102 valence electrons. The van der Waals surface area contributed by atoms with Gasteiger partial charge in [-0.2, -0.15) is 0 Å². The Hall–Kier alpha value is -1.30. The second-order valence-corrected chi connectivity index (χ2v) is 5.30. The van der Waals surface area contributed by atoms with Gasteiger partial charge in [0.05, 0.1) is 5.92 Å². The Balaban J connectivity index is 1.84. The van der Waals surface area contributed by atoms with Crippen LogP contribution in [0.5, 0.6) is 0 Å². The fraction of sp³-hybridized carbons (Fsp3) is 0.833. The molecule has 0 unspecified atom stereocenters. The van der Waals surface area contributed by atoms with Crippen molar-refractivity contribution in [1.82, 2.24) is 15.5 Å². The molecule has 0 aliphatic carbocycles. The number of aliphatic carboxylic acids is 1. The van der Waals surface area contributed by atoms with Crippen molar-refractivity contribution >= 4 is 12.0 Å². The van der Waals surface area contributed by atoms with Crippen molar-refractivity contribution < 1.29 is 14.7 Å². The second-order valence-electron chi connectivity index (χ2n) is 5.30. The van der Waals surface area contributed by atoms with Crippen LogP contribution in [-0.4, -0.2) is 54.2 Å². The highest BCUT2D eigenvalue weighted by molar-refractivity contribution is 5.77. The molecule has 0 aromatic heterocycles. The lowest BCUT2D eigenvalue weighted by atomic mass is 9.99. The predicted octanol–water partition coefficient (Wildman–Crippen LogP) is 0.101. The number of rotatable bonds is 2. The van der Waals surface area contributed by atoms with Crippen molar-refractivity contribution in [3.63, 3.8) is 0 Å². The van der Waals surface area contributed by atoms with Gasteiger partial charge in [0, 0.05) is 19.1 Å². The molecular weight excluding hydrogens is 234 g/mol. The van der Waals surface area contributed by atoms with Crippen molar-refractivity contribution in [1.29, 1.82) is 0 Å². The Kier molecular flexibility index (Phi) is 4.06. The number of carboxylic acids is 1. The van der Waals surface area contributed by atoms with E-state index in [-0.39, 0.29) is 18.0 Å². The topological polar surface area (TPSA) is 81.7 Å². The molecule has 0 aromatic rings. The number of piperidine rings is 1. The number of nitrogens with one attached hydrogen (secondary N) is 2. The Morgan fingerprint density at radius 1 is 1.28 bits per heavy atom. The lowest BCUT2D eigenvalue weighted by Crippen LogP contribution is -2.48. The zero-order valence-electron chi connectivity index (χ0n) is 10.7. The summed E-state index contributed by atoms with van der Waals surface area (Å²) in [5.74, 6) is -1.20. The average molecular weight is 255 g/mol. The molecule has 2 saturated heterocycles. The molecule has 6 heteroatoms. The number of nitrogens with zero attached hydrogens (tertiary/aromatic N) is 1. The van der Waals surface area contributed by atoms with E-state index < -0.39 is 11.9 Å². The minimum Gasteiger partial charge on any atom is -0.481 e. The van der Waals surface area contributed by atoms with E-state index in [9.17, 15) is 9.59 Å². The molecule has 0 aromatic carbocycles. The van der Waals surface area contributed by atoms with Crippen LogP contribution >= 0.6 is 0 Å². The predicted molar refractivity (Wildman–Crippen MR) is 66.3 cm³/mol. The number of carbonyl (C=O) groups is 2. The number of carboxylic acid groups (broad SMARTS) is 1. The van der Waals surface area contributed by atoms with E-state index >= 15 is 0 Å². The van der Waals surface area contributed by atoms with Crippen molar-refractivity contribution in [2.45, 2.75) is 25.8 Å². The number of carbonyl (C=O) groups excluding carboxylic acids is 1. The van der Waals surface area contributed by atoms with Gasteiger partial charge in [-0.1, -0.05) is 6.92 Å². The van der Waals surface area contributed by atoms with Gasteiger partial charge in [-0.05, 0) is 31.8 Å². The highest BCUT2D eigenvalue weighted by Gasteiger charge is 2.37. The Morgan fingerprint density at radius 2 is 1.94 bits per heavy atom. The summed E-state index contributed by atoms with van der Waals surface area (Å²) in [6.07, 6.45) is 1.88. The van der Waals surface area contributed by atoms with Crippen LogP contribution in [0.2, 0.25) is 0 Å². The van der Waals surface area contributed by atoms with Crippen LogP contribution in [0.3, 0.4) is 0 Å². The third kappa shape index (κ3) is 2.93. The van der Waals surface area contributed by atoms with Gasteiger partial charge in [-0.3, -0.25) is 4.79 Å². The van der Waals surface area contributed by atoms with Crippen LogP contribution in [0.1, 0.15) is 19.8 Å². The van der Waals surface area contributed by atoms with Crippen LogP contribution in [0.25, 0.3) is 0 Å². The molecule has 0 radical (unpaired) electrons. The van der Waals surface area contributed by atoms with E-state index in [2.05, 4.69) is 10.6 Å². The zero-order chi connectivity index (χ0) is 13.1. The summed E-state index contributed by atoms with van der Waals surface area (Å²) < 4.78 is 0. The number of hydrogen-bond acceptors (Lipinski definition) is 3. The monoisotopic (exact) mass is 255 g/mol. The largest absolute Gasteiger partial charge is 0.481 e. The number of amides is 2. The maximum atomic E-state index is 12.0. The minimum atomic E-state index is -0.806. The molecule has 18 heavy (non-hydrogen) atoms. The highest BCUT2D eigenvalue weighted by Crippen LogP contribution is 2.23. The fourth-order valence-electron chi connectivity index (χ4n) is 2.69. The maximum Gasteiger partial charge on any atom is 0.317 e. The third-order valence-electron chi connectivity index (χ3n) is 3.88. The van der Waals surface area contributed by atoms with Crippen molar-refractivity contribution in [3.8, 4) is 0 Å². The molecule has 2 amide bonds. The molecule has 2 aliphatic rings. The molecule has 2 fully saturated rings. The SMILES string of the molecule is C[C@@H]1CN(C(=O)NC2CCNCC2)C[C@H]1C(=O)O. The summed E-state index contributed by atoms with van der Waals surface area (Å²) in [5.41, 5.74) is 0. The fourth-order valence-corrected chi connectivity index (χ4v) is 2.69. The van der Waals surface area contributed by atoms with E-state index in [4.69, 9.17) is 5.11 Å². The average Bonchev–Trinajstić information content (AvgIpc) is 2.73. The molecule has 2 rings (SSSR count). The molecule has 0 spiro atoms. The lowest BCUT2D eigenvalue weighted by Gasteiger charge is -2.26. The first kappa shape index (κ1) is 13.1. The van der Waals surface area contributed by atoms with E-state index in [1.165, 1.54) is 0 Å². The molecular formula is C12H21N3O3. The first-order valence-corrected chi connectivity index (χ1v) is 6.57. The standard InChI is InChI=1S/C12H21N3O3/c1-8-6-15(7-10(8)11(16)17)12(18)14-9-2-4-13-5-3-9/h8-10,13H,2-7H2,1H3,(H,14,18)(H,16,17)/t8-,10-/m1/s1. The molecule has 0 saturated carbocycles. The quantitative estimate of drug-likeness (QED) is 0.653. The van der Waals surface area contributed by atoms with E-state index in [1.807, 2.05) is 6.92 Å². The number of likely N-dealkylation sites (tertiary alicyclic amines) is 1. The Morgan fingerprint density at radius 3 is 2.50 bits per heavy atom. The molecule has 2 heterocycles. The minimum absolute atomic E-state index is 0.0290. The zero-order valence-corrected chi connectivity index (χ0v) is 10.7. The molecule has 2 aliphatic heterocycles. The van der Waals surface area contributed by atoms with Crippen molar-refractivity contribution in [2.24, 2.45) is 11.8 Å². The Bertz CT molecular complexity index is 329. The lowest BCUT2D eigenvalue weighted by molar-refractivity contribution is -0.142. The smallest absolute Gasteiger partial charge is 0.317 e. The van der Waals surface area contributed by atoms with Gasteiger partial charge in [0.25, 0.3) is 0 Å². The summed E-state index contributed by atoms with van der Waals surface area (Å²) in [5, 5.41) is 15.3. The van der Waals surface area contributed by atoms with E-state index in [0.717, 1.165) is 25.9 Å². The normalized spacial score (nSPS) is 29.3. The second kappa shape index (κ2) is 5.56. The molecule has 3 N–H and O–H groups in total. The van der Waals surface area contributed by atoms with Crippen molar-refractivity contribution in [2.75, 3.05) is 26.2 Å². The summed E-state index contributed by atoms with van der Waals surface area (Å²) in [6.45, 7) is 4.61. The van der Waals surface area contributed by atoms with Gasteiger partial charge in [-0.15, -0.1) is 0 Å². The Labute approximate surface area is 107 Å². The van der Waals surface area contributed by atoms with Gasteiger partial charge in [0.1, 0.15) is 0 Å². The van der Waals surface area contributed by atoms with Crippen LogP contribution < -0.4 is 10.6 Å². The highest BCUT2D eigenvalue weighted by atomic mass is 16.4. The van der Waals surface area contributed by atoms with Crippen LogP contribution in [0, 0.1) is 11.8 Å². The van der Waals surface area contributed by atoms with Gasteiger partial charge >= 0.3 is 12.0 Å². The van der Waals surface area contributed by atoms with E-state index in [1.54, 1.807) is 4.90 Å². The van der Waals surface area contributed by atoms with Crippen molar-refractivity contribution in [3.05, 3.63) is 0 Å². The maximum absolute atomic E-state index is 12.0. The molecule has 2 atom stereocenters.